The van der Waals surface area contributed by atoms with E-state index < -0.39 is 0 Å². The zero-order chi connectivity index (χ0) is 15.8. The van der Waals surface area contributed by atoms with Crippen molar-refractivity contribution in [2.24, 2.45) is 0 Å². The predicted molar refractivity (Wildman–Crippen MR) is 88.7 cm³/mol. The Hall–Kier alpha value is -2.88. The molecule has 0 spiro atoms. The number of rotatable bonds is 2. The minimum Gasteiger partial charge on any atom is -0.356 e. The summed E-state index contributed by atoms with van der Waals surface area (Å²) < 4.78 is 0. The lowest BCUT2D eigenvalue weighted by molar-refractivity contribution is -0.137. The number of hydrogen-bond donors (Lipinski definition) is 1. The standard InChI is InChI=1S/C19H16N2O2/c22-18-9-10-19(23)21(18)12-17-15-7-3-1-5-13(15)11-14-6-2-4-8-16(14)20-17/h1-8,11,20H,9-10,12H2. The van der Waals surface area contributed by atoms with Gasteiger partial charge in [-0.1, -0.05) is 42.5 Å². The molecule has 0 aromatic heterocycles. The molecule has 1 N–H and O–H groups in total. The fourth-order valence-electron chi connectivity index (χ4n) is 3.11. The number of benzene rings is 2. The number of amides is 2. The van der Waals surface area contributed by atoms with Crippen molar-refractivity contribution in [1.82, 2.24) is 4.90 Å². The lowest BCUT2D eigenvalue weighted by Gasteiger charge is -2.18. The number of carbonyl (C=O) groups excluding carboxylic acids is 2. The Morgan fingerprint density at radius 1 is 0.913 bits per heavy atom. The van der Waals surface area contributed by atoms with Crippen LogP contribution in [0.4, 0.5) is 5.69 Å². The van der Waals surface area contributed by atoms with Gasteiger partial charge in [0.25, 0.3) is 0 Å². The first-order valence-corrected chi connectivity index (χ1v) is 7.71. The molecule has 4 nitrogen and oxygen atoms in total. The van der Waals surface area contributed by atoms with Crippen LogP contribution in [0, 0.1) is 0 Å². The summed E-state index contributed by atoms with van der Waals surface area (Å²) >= 11 is 0. The third-order valence-corrected chi connectivity index (χ3v) is 4.31. The van der Waals surface area contributed by atoms with Crippen molar-refractivity contribution in [3.63, 3.8) is 0 Å². The lowest BCUT2D eigenvalue weighted by atomic mass is 10.1. The molecule has 2 amide bonds. The van der Waals surface area contributed by atoms with Crippen molar-refractivity contribution in [1.29, 1.82) is 0 Å². The Balaban J connectivity index is 1.86. The van der Waals surface area contributed by atoms with Gasteiger partial charge in [-0.3, -0.25) is 14.5 Å². The predicted octanol–water partition coefficient (Wildman–Crippen LogP) is 1.20. The summed E-state index contributed by atoms with van der Waals surface area (Å²) in [5.74, 6) is -0.188. The van der Waals surface area contributed by atoms with Gasteiger partial charge in [-0.2, -0.15) is 0 Å². The van der Waals surface area contributed by atoms with Gasteiger partial charge < -0.3 is 5.32 Å². The molecule has 0 bridgehead atoms. The van der Waals surface area contributed by atoms with E-state index in [9.17, 15) is 9.59 Å². The Labute approximate surface area is 133 Å². The molecule has 0 aliphatic carbocycles. The largest absolute Gasteiger partial charge is 0.356 e. The first-order valence-electron chi connectivity index (χ1n) is 7.71. The number of nitrogens with zero attached hydrogens (tertiary/aromatic N) is 1. The van der Waals surface area contributed by atoms with E-state index in [2.05, 4.69) is 11.4 Å². The molecule has 4 heteroatoms. The minimum atomic E-state index is -0.0942. The van der Waals surface area contributed by atoms with Gasteiger partial charge in [0, 0.05) is 29.4 Å². The molecule has 0 atom stereocenters. The van der Waals surface area contributed by atoms with E-state index in [1.807, 2.05) is 48.5 Å². The number of fused-ring (bicyclic) bond motifs is 2. The molecule has 1 fully saturated rings. The van der Waals surface area contributed by atoms with E-state index in [4.69, 9.17) is 0 Å². The first kappa shape index (κ1) is 13.8. The van der Waals surface area contributed by atoms with Crippen LogP contribution in [0.2, 0.25) is 0 Å². The van der Waals surface area contributed by atoms with E-state index >= 15 is 0 Å². The summed E-state index contributed by atoms with van der Waals surface area (Å²) in [5, 5.41) is 5.53. The Bertz CT molecular complexity index is 914. The summed E-state index contributed by atoms with van der Waals surface area (Å²) in [6.45, 7) is 0.289. The number of nitrogens with one attached hydrogen (secondary N) is 1. The smallest absolute Gasteiger partial charge is 0.230 e. The molecular formula is C19H16N2O2. The SMILES string of the molecule is O=C1CCC(=O)N1CC1=c2ccccc2=Cc2ccccc2N1. The lowest BCUT2D eigenvalue weighted by Crippen LogP contribution is -2.37. The molecule has 114 valence electrons. The molecule has 0 unspecified atom stereocenters. The van der Waals surface area contributed by atoms with Gasteiger partial charge in [0.15, 0.2) is 0 Å². The Morgan fingerprint density at radius 2 is 1.61 bits per heavy atom. The average molecular weight is 304 g/mol. The number of carbonyl (C=O) groups is 2. The van der Waals surface area contributed by atoms with Gasteiger partial charge >= 0.3 is 0 Å². The molecule has 1 saturated heterocycles. The fraction of sp³-hybridized carbons (Fsp3) is 0.158. The van der Waals surface area contributed by atoms with Crippen LogP contribution < -0.4 is 15.8 Å². The maximum absolute atomic E-state index is 12.0. The van der Waals surface area contributed by atoms with Gasteiger partial charge in [-0.25, -0.2) is 0 Å². The molecule has 0 radical (unpaired) electrons. The molecule has 2 aliphatic rings. The van der Waals surface area contributed by atoms with E-state index in [1.165, 1.54) is 4.90 Å². The quantitative estimate of drug-likeness (QED) is 0.848. The molecule has 23 heavy (non-hydrogen) atoms. The summed E-state index contributed by atoms with van der Waals surface area (Å²) in [5.41, 5.74) is 2.96. The molecule has 2 aromatic carbocycles. The highest BCUT2D eigenvalue weighted by molar-refractivity contribution is 6.03. The summed E-state index contributed by atoms with van der Waals surface area (Å²) in [6, 6.07) is 16.1. The average Bonchev–Trinajstić information content (AvgIpc) is 2.80. The van der Waals surface area contributed by atoms with Crippen LogP contribution in [0.1, 0.15) is 18.4 Å². The summed E-state index contributed by atoms with van der Waals surface area (Å²) in [7, 11) is 0. The van der Waals surface area contributed by atoms with Crippen molar-refractivity contribution in [3.8, 4) is 0 Å². The number of hydrogen-bond acceptors (Lipinski definition) is 3. The Kier molecular flexibility index (Phi) is 3.23. The van der Waals surface area contributed by atoms with Crippen LogP contribution >= 0.6 is 0 Å². The van der Waals surface area contributed by atoms with Crippen LogP contribution in [-0.2, 0) is 9.59 Å². The first-order chi connectivity index (χ1) is 11.2. The number of imide groups is 1. The van der Waals surface area contributed by atoms with Crippen molar-refractivity contribution < 1.29 is 9.59 Å². The molecular weight excluding hydrogens is 288 g/mol. The highest BCUT2D eigenvalue weighted by atomic mass is 16.2. The molecule has 2 aromatic rings. The zero-order valence-electron chi connectivity index (χ0n) is 12.6. The third kappa shape index (κ3) is 2.42. The third-order valence-electron chi connectivity index (χ3n) is 4.31. The van der Waals surface area contributed by atoms with E-state index in [0.29, 0.717) is 12.8 Å². The Morgan fingerprint density at radius 3 is 2.43 bits per heavy atom. The van der Waals surface area contributed by atoms with Crippen molar-refractivity contribution in [2.45, 2.75) is 12.8 Å². The second-order valence-corrected chi connectivity index (χ2v) is 5.80. The van der Waals surface area contributed by atoms with Crippen LogP contribution in [0.3, 0.4) is 0 Å². The van der Waals surface area contributed by atoms with Crippen molar-refractivity contribution in [3.05, 3.63) is 64.5 Å². The fourth-order valence-corrected chi connectivity index (χ4v) is 3.11. The second kappa shape index (κ2) is 5.39. The molecule has 0 saturated carbocycles. The summed E-state index contributed by atoms with van der Waals surface area (Å²) in [4.78, 5) is 25.3. The van der Waals surface area contributed by atoms with Crippen LogP contribution in [-0.4, -0.2) is 23.3 Å². The van der Waals surface area contributed by atoms with Crippen LogP contribution in [0.15, 0.2) is 48.5 Å². The van der Waals surface area contributed by atoms with Gasteiger partial charge in [0.2, 0.25) is 11.8 Å². The minimum absolute atomic E-state index is 0.0942. The number of anilines is 1. The topological polar surface area (TPSA) is 49.4 Å². The molecule has 2 aliphatic heterocycles. The van der Waals surface area contributed by atoms with E-state index in [-0.39, 0.29) is 18.4 Å². The number of para-hydroxylation sites is 1. The molecule has 4 rings (SSSR count). The monoisotopic (exact) mass is 304 g/mol. The maximum atomic E-state index is 12.0. The van der Waals surface area contributed by atoms with Gasteiger partial charge in [0.1, 0.15) is 0 Å². The van der Waals surface area contributed by atoms with E-state index in [1.54, 1.807) is 0 Å². The maximum Gasteiger partial charge on any atom is 0.230 e. The zero-order valence-corrected chi connectivity index (χ0v) is 12.6. The normalized spacial score (nSPS) is 16.3. The molecule has 2 heterocycles. The van der Waals surface area contributed by atoms with Crippen molar-refractivity contribution >= 4 is 29.3 Å². The van der Waals surface area contributed by atoms with Crippen molar-refractivity contribution in [2.75, 3.05) is 11.9 Å². The van der Waals surface area contributed by atoms with Crippen LogP contribution in [0.5, 0.6) is 0 Å². The number of likely N-dealkylation sites (tertiary alicyclic amines) is 1. The van der Waals surface area contributed by atoms with E-state index in [0.717, 1.165) is 27.4 Å². The van der Waals surface area contributed by atoms with Gasteiger partial charge in [-0.05, 0) is 22.9 Å². The summed E-state index contributed by atoms with van der Waals surface area (Å²) in [6.07, 6.45) is 2.76. The van der Waals surface area contributed by atoms with Crippen LogP contribution in [0.25, 0.3) is 11.8 Å². The van der Waals surface area contributed by atoms with Gasteiger partial charge in [-0.15, -0.1) is 0 Å². The van der Waals surface area contributed by atoms with Gasteiger partial charge in [0.05, 0.1) is 6.54 Å². The highest BCUT2D eigenvalue weighted by Crippen LogP contribution is 2.21. The highest BCUT2D eigenvalue weighted by Gasteiger charge is 2.29. The second-order valence-electron chi connectivity index (χ2n) is 5.80.